The van der Waals surface area contributed by atoms with Gasteiger partial charge in [-0.25, -0.2) is 9.97 Å². The molecule has 2 aromatic carbocycles. The third kappa shape index (κ3) is 5.52. The Morgan fingerprint density at radius 2 is 1.86 bits per heavy atom. The third-order valence-corrected chi connectivity index (χ3v) is 6.92. The van der Waals surface area contributed by atoms with Crippen LogP contribution in [0.15, 0.2) is 60.8 Å². The molecule has 0 aliphatic carbocycles. The average Bonchev–Trinajstić information content (AvgIpc) is 3.51. The number of likely N-dealkylation sites (tertiary alicyclic amines) is 1. The highest BCUT2D eigenvalue weighted by Gasteiger charge is 2.30. The molecule has 0 radical (unpaired) electrons. The van der Waals surface area contributed by atoms with Gasteiger partial charge in [0.15, 0.2) is 5.13 Å². The zero-order valence-electron chi connectivity index (χ0n) is 18.8. The second-order valence-corrected chi connectivity index (χ2v) is 9.72. The smallest absolute Gasteiger partial charge is 0.302 e. The van der Waals surface area contributed by atoms with Crippen LogP contribution in [0.25, 0.3) is 22.2 Å². The Morgan fingerprint density at radius 3 is 2.66 bits per heavy atom. The van der Waals surface area contributed by atoms with Crippen LogP contribution in [-0.4, -0.2) is 33.9 Å². The molecule has 0 spiro atoms. The number of nitrogens with zero attached hydrogens (tertiary/aromatic N) is 3. The Labute approximate surface area is 204 Å². The number of pyridine rings is 1. The topological polar surface area (TPSA) is 58.1 Å². The van der Waals surface area contributed by atoms with Crippen LogP contribution in [0.2, 0.25) is 0 Å². The van der Waals surface area contributed by atoms with Crippen molar-refractivity contribution >= 4 is 33.3 Å². The monoisotopic (exact) mass is 496 g/mol. The van der Waals surface area contributed by atoms with E-state index >= 15 is 0 Å². The van der Waals surface area contributed by atoms with Crippen molar-refractivity contribution in [1.29, 1.82) is 0 Å². The van der Waals surface area contributed by atoms with Crippen molar-refractivity contribution in [2.24, 2.45) is 0 Å². The molecule has 5 nitrogen and oxygen atoms in total. The number of nitrogens with one attached hydrogen (secondary N) is 1. The van der Waals surface area contributed by atoms with Crippen LogP contribution in [0.1, 0.15) is 28.8 Å². The van der Waals surface area contributed by atoms with Gasteiger partial charge in [0.05, 0.1) is 23.2 Å². The molecule has 1 fully saturated rings. The molecule has 35 heavy (non-hydrogen) atoms. The molecular weight excluding hydrogens is 473 g/mol. The molecule has 9 heteroatoms. The second kappa shape index (κ2) is 9.75. The van der Waals surface area contributed by atoms with Crippen molar-refractivity contribution in [3.63, 3.8) is 0 Å². The van der Waals surface area contributed by atoms with Crippen LogP contribution in [0.4, 0.5) is 18.3 Å². The van der Waals surface area contributed by atoms with E-state index in [0.717, 1.165) is 42.0 Å². The van der Waals surface area contributed by atoms with Crippen LogP contribution in [0.3, 0.4) is 0 Å². The lowest BCUT2D eigenvalue weighted by atomic mass is 10.0. The summed E-state index contributed by atoms with van der Waals surface area (Å²) in [6.07, 6.45) is -0.106. The molecule has 1 amide bonds. The van der Waals surface area contributed by atoms with Gasteiger partial charge in [-0.2, -0.15) is 13.2 Å². The van der Waals surface area contributed by atoms with Crippen molar-refractivity contribution in [3.8, 4) is 11.3 Å². The third-order valence-electron chi connectivity index (χ3n) is 6.02. The maximum absolute atomic E-state index is 13.2. The molecule has 3 heterocycles. The number of carbonyl (C=O) groups is 1. The molecule has 0 saturated carbocycles. The minimum Gasteiger partial charge on any atom is -0.302 e. The van der Waals surface area contributed by atoms with Gasteiger partial charge >= 0.3 is 6.18 Å². The molecule has 180 valence electrons. The second-order valence-electron chi connectivity index (χ2n) is 8.60. The van der Waals surface area contributed by atoms with Crippen molar-refractivity contribution in [1.82, 2.24) is 14.9 Å². The number of benzene rings is 2. The van der Waals surface area contributed by atoms with Crippen LogP contribution in [-0.2, 0) is 23.9 Å². The predicted octanol–water partition coefficient (Wildman–Crippen LogP) is 6.15. The Balaban J connectivity index is 1.34. The lowest BCUT2D eigenvalue weighted by molar-refractivity contribution is -0.137. The van der Waals surface area contributed by atoms with Gasteiger partial charge in [0, 0.05) is 28.6 Å². The first-order valence-corrected chi connectivity index (χ1v) is 12.2. The summed E-state index contributed by atoms with van der Waals surface area (Å²) in [5, 5.41) is 4.24. The number of aromatic nitrogens is 2. The molecule has 1 N–H and O–H groups in total. The van der Waals surface area contributed by atoms with Crippen LogP contribution < -0.4 is 5.32 Å². The zero-order valence-corrected chi connectivity index (χ0v) is 19.6. The quantitative estimate of drug-likeness (QED) is 0.348. The summed E-state index contributed by atoms with van der Waals surface area (Å²) in [4.78, 5) is 25.2. The minimum absolute atomic E-state index is 0.0808. The van der Waals surface area contributed by atoms with Gasteiger partial charge in [-0.15, -0.1) is 11.3 Å². The van der Waals surface area contributed by atoms with Crippen molar-refractivity contribution in [2.45, 2.75) is 32.0 Å². The molecule has 1 saturated heterocycles. The van der Waals surface area contributed by atoms with Gasteiger partial charge < -0.3 is 5.32 Å². The highest BCUT2D eigenvalue weighted by Crippen LogP contribution is 2.32. The summed E-state index contributed by atoms with van der Waals surface area (Å²) >= 11 is 1.47. The summed E-state index contributed by atoms with van der Waals surface area (Å²) in [5.74, 6) is -0.217. The molecule has 4 aromatic rings. The lowest BCUT2D eigenvalue weighted by Gasteiger charge is -2.11. The summed E-state index contributed by atoms with van der Waals surface area (Å²) in [6, 6.07) is 14.1. The summed E-state index contributed by atoms with van der Waals surface area (Å²) < 4.78 is 39.5. The van der Waals surface area contributed by atoms with Crippen LogP contribution in [0.5, 0.6) is 0 Å². The summed E-state index contributed by atoms with van der Waals surface area (Å²) in [7, 11) is 0. The minimum atomic E-state index is -4.43. The van der Waals surface area contributed by atoms with E-state index in [9.17, 15) is 18.0 Å². The van der Waals surface area contributed by atoms with E-state index < -0.39 is 11.7 Å². The SMILES string of the molecule is O=C(Cc1cccc2ccc(-c3cccc(C(F)(F)F)c3)nc12)Nc1ncc(CN2CCCC2)s1. The molecule has 0 bridgehead atoms. The van der Waals surface area contributed by atoms with Gasteiger partial charge in [-0.05, 0) is 49.7 Å². The summed E-state index contributed by atoms with van der Waals surface area (Å²) in [5.41, 5.74) is 1.35. The standard InChI is InChI=1S/C26H23F3N4OS/c27-26(28,29)20-8-4-6-18(13-20)22-10-9-17-5-3-7-19(24(17)31-22)14-23(34)32-25-30-15-21(35-25)16-33-11-1-2-12-33/h3-10,13,15H,1-2,11-12,14,16H2,(H,30,32,34). The fourth-order valence-electron chi connectivity index (χ4n) is 4.30. The number of alkyl halides is 3. The number of halogens is 3. The number of hydrogen-bond donors (Lipinski definition) is 1. The molecule has 1 aliphatic heterocycles. The number of anilines is 1. The number of thiazole rings is 1. The predicted molar refractivity (Wildman–Crippen MR) is 131 cm³/mol. The maximum Gasteiger partial charge on any atom is 0.416 e. The van der Waals surface area contributed by atoms with Crippen LogP contribution >= 0.6 is 11.3 Å². The molecule has 0 atom stereocenters. The molecule has 5 rings (SSSR count). The van der Waals surface area contributed by atoms with Crippen molar-refractivity contribution < 1.29 is 18.0 Å². The summed E-state index contributed by atoms with van der Waals surface area (Å²) in [6.45, 7) is 3.03. The fraction of sp³-hybridized carbons (Fsp3) is 0.269. The van der Waals surface area contributed by atoms with E-state index in [1.807, 2.05) is 24.3 Å². The van der Waals surface area contributed by atoms with E-state index in [0.29, 0.717) is 27.5 Å². The molecule has 0 unspecified atom stereocenters. The van der Waals surface area contributed by atoms with Gasteiger partial charge in [-0.1, -0.05) is 36.4 Å². The number of rotatable bonds is 6. The largest absolute Gasteiger partial charge is 0.416 e. The first-order chi connectivity index (χ1) is 16.8. The van der Waals surface area contributed by atoms with E-state index in [4.69, 9.17) is 0 Å². The lowest BCUT2D eigenvalue weighted by Crippen LogP contribution is -2.17. The first kappa shape index (κ1) is 23.4. The van der Waals surface area contributed by atoms with Gasteiger partial charge in [-0.3, -0.25) is 9.69 Å². The first-order valence-electron chi connectivity index (χ1n) is 11.4. The molecular formula is C26H23F3N4OS. The van der Waals surface area contributed by atoms with E-state index in [1.54, 1.807) is 18.3 Å². The Kier molecular flexibility index (Phi) is 6.53. The van der Waals surface area contributed by atoms with Crippen molar-refractivity contribution in [2.75, 3.05) is 18.4 Å². The average molecular weight is 497 g/mol. The van der Waals surface area contributed by atoms with Crippen molar-refractivity contribution in [3.05, 3.63) is 76.8 Å². The van der Waals surface area contributed by atoms with Gasteiger partial charge in [0.25, 0.3) is 0 Å². The highest BCUT2D eigenvalue weighted by atomic mass is 32.1. The van der Waals surface area contributed by atoms with Crippen LogP contribution in [0, 0.1) is 0 Å². The number of amides is 1. The fourth-order valence-corrected chi connectivity index (χ4v) is 5.17. The Bertz CT molecular complexity index is 1360. The van der Waals surface area contributed by atoms with E-state index in [-0.39, 0.29) is 12.3 Å². The number of fused-ring (bicyclic) bond motifs is 1. The highest BCUT2D eigenvalue weighted by molar-refractivity contribution is 7.15. The zero-order chi connectivity index (χ0) is 24.4. The Morgan fingerprint density at radius 1 is 1.06 bits per heavy atom. The molecule has 2 aromatic heterocycles. The van der Waals surface area contributed by atoms with E-state index in [1.165, 1.54) is 30.2 Å². The van der Waals surface area contributed by atoms with E-state index in [2.05, 4.69) is 20.2 Å². The number of para-hydroxylation sites is 1. The number of hydrogen-bond acceptors (Lipinski definition) is 5. The Hall–Kier alpha value is -3.30. The molecule has 1 aliphatic rings. The van der Waals surface area contributed by atoms with Gasteiger partial charge in [0.1, 0.15) is 0 Å². The maximum atomic E-state index is 13.2. The normalized spacial score (nSPS) is 14.5. The van der Waals surface area contributed by atoms with Gasteiger partial charge in [0.2, 0.25) is 5.91 Å². The number of carbonyl (C=O) groups excluding carboxylic acids is 1.